The maximum atomic E-state index is 11.8. The zero-order chi connectivity index (χ0) is 23.0. The van der Waals surface area contributed by atoms with E-state index in [0.29, 0.717) is 19.6 Å². The first-order valence-electron chi connectivity index (χ1n) is 12.5. The summed E-state index contributed by atoms with van der Waals surface area (Å²) in [5.41, 5.74) is 0. The minimum absolute atomic E-state index is 0.120. The molecular formula is C25H47NO5. The van der Waals surface area contributed by atoms with Gasteiger partial charge in [-0.25, -0.2) is 0 Å². The predicted octanol–water partition coefficient (Wildman–Crippen LogP) is 5.34. The van der Waals surface area contributed by atoms with E-state index in [9.17, 15) is 14.7 Å². The van der Waals surface area contributed by atoms with E-state index in [4.69, 9.17) is 9.84 Å². The van der Waals surface area contributed by atoms with Crippen LogP contribution in [-0.2, 0) is 14.3 Å². The first-order valence-corrected chi connectivity index (χ1v) is 12.5. The molecule has 182 valence electrons. The molecule has 0 saturated carbocycles. The van der Waals surface area contributed by atoms with E-state index in [0.717, 1.165) is 70.9 Å². The highest BCUT2D eigenvalue weighted by Crippen LogP contribution is 2.08. The molecule has 0 aromatic heterocycles. The van der Waals surface area contributed by atoms with Gasteiger partial charge in [-0.2, -0.15) is 0 Å². The SMILES string of the molecule is CCCCCC/C=C\COC(=O)CCCCCN(CCO)CCCCCCCC(=O)O. The standard InChI is InChI=1S/C25H47NO5/c1-2-3-4-5-6-10-16-23-31-25(30)18-13-11-15-20-26(21-22-27)19-14-9-7-8-12-17-24(28)29/h10,16,27H,2-9,11-15,17-23H2,1H3,(H,28,29)/b16-10-. The Kier molecular flexibility index (Phi) is 22.2. The van der Waals surface area contributed by atoms with Crippen molar-refractivity contribution in [1.82, 2.24) is 4.90 Å². The molecule has 2 N–H and O–H groups in total. The molecule has 0 radical (unpaired) electrons. The number of carboxylic acids is 1. The van der Waals surface area contributed by atoms with Crippen molar-refractivity contribution in [1.29, 1.82) is 0 Å². The summed E-state index contributed by atoms with van der Waals surface area (Å²) in [6.07, 6.45) is 18.7. The molecule has 0 spiro atoms. The third-order valence-electron chi connectivity index (χ3n) is 5.37. The van der Waals surface area contributed by atoms with Crippen LogP contribution in [0.4, 0.5) is 0 Å². The fourth-order valence-electron chi connectivity index (χ4n) is 3.49. The van der Waals surface area contributed by atoms with Gasteiger partial charge in [-0.1, -0.05) is 64.0 Å². The number of aliphatic carboxylic acids is 1. The number of nitrogens with zero attached hydrogens (tertiary/aromatic N) is 1. The lowest BCUT2D eigenvalue weighted by molar-refractivity contribution is -0.142. The molecule has 0 aromatic rings. The monoisotopic (exact) mass is 441 g/mol. The minimum atomic E-state index is -0.715. The van der Waals surface area contributed by atoms with Crippen molar-refractivity contribution in [2.75, 3.05) is 32.8 Å². The van der Waals surface area contributed by atoms with Gasteiger partial charge in [0, 0.05) is 19.4 Å². The van der Waals surface area contributed by atoms with Crippen molar-refractivity contribution < 1.29 is 24.5 Å². The number of carbonyl (C=O) groups excluding carboxylic acids is 1. The molecule has 0 rings (SSSR count). The molecule has 0 bridgehead atoms. The lowest BCUT2D eigenvalue weighted by Crippen LogP contribution is -2.29. The molecule has 0 aromatic carbocycles. The quantitative estimate of drug-likeness (QED) is 0.126. The van der Waals surface area contributed by atoms with Crippen molar-refractivity contribution in [3.63, 3.8) is 0 Å². The van der Waals surface area contributed by atoms with E-state index >= 15 is 0 Å². The van der Waals surface area contributed by atoms with Crippen LogP contribution >= 0.6 is 0 Å². The van der Waals surface area contributed by atoms with Gasteiger partial charge in [-0.05, 0) is 51.6 Å². The molecule has 0 atom stereocenters. The highest BCUT2D eigenvalue weighted by atomic mass is 16.5. The lowest BCUT2D eigenvalue weighted by Gasteiger charge is -2.21. The molecule has 31 heavy (non-hydrogen) atoms. The number of carbonyl (C=O) groups is 2. The Bertz CT molecular complexity index is 453. The summed E-state index contributed by atoms with van der Waals surface area (Å²) < 4.78 is 5.24. The van der Waals surface area contributed by atoms with Gasteiger partial charge in [-0.15, -0.1) is 0 Å². The number of esters is 1. The van der Waals surface area contributed by atoms with Crippen LogP contribution in [0, 0.1) is 0 Å². The van der Waals surface area contributed by atoms with Crippen molar-refractivity contribution in [2.45, 2.75) is 103 Å². The van der Waals surface area contributed by atoms with Crippen molar-refractivity contribution >= 4 is 11.9 Å². The molecule has 0 heterocycles. The topological polar surface area (TPSA) is 87.1 Å². The van der Waals surface area contributed by atoms with Gasteiger partial charge >= 0.3 is 11.9 Å². The fraction of sp³-hybridized carbons (Fsp3) is 0.840. The number of hydrogen-bond acceptors (Lipinski definition) is 5. The highest BCUT2D eigenvalue weighted by molar-refractivity contribution is 5.69. The smallest absolute Gasteiger partial charge is 0.306 e. The molecule has 6 nitrogen and oxygen atoms in total. The maximum Gasteiger partial charge on any atom is 0.306 e. The van der Waals surface area contributed by atoms with Gasteiger partial charge in [-0.3, -0.25) is 9.59 Å². The van der Waals surface area contributed by atoms with Crippen LogP contribution in [0.2, 0.25) is 0 Å². The zero-order valence-corrected chi connectivity index (χ0v) is 19.9. The molecule has 0 aliphatic heterocycles. The van der Waals surface area contributed by atoms with Crippen molar-refractivity contribution in [3.8, 4) is 0 Å². The average molecular weight is 442 g/mol. The van der Waals surface area contributed by atoms with Crippen LogP contribution in [0.15, 0.2) is 12.2 Å². The number of allylic oxidation sites excluding steroid dienone is 1. The molecule has 0 amide bonds. The molecule has 0 saturated heterocycles. The van der Waals surface area contributed by atoms with Gasteiger partial charge < -0.3 is 19.8 Å². The number of rotatable bonds is 23. The number of unbranched alkanes of at least 4 members (excludes halogenated alkanes) is 10. The molecule has 0 unspecified atom stereocenters. The highest BCUT2D eigenvalue weighted by Gasteiger charge is 2.06. The van der Waals surface area contributed by atoms with E-state index in [2.05, 4.69) is 17.9 Å². The van der Waals surface area contributed by atoms with Crippen LogP contribution in [0.25, 0.3) is 0 Å². The molecule has 6 heteroatoms. The zero-order valence-electron chi connectivity index (χ0n) is 19.9. The average Bonchev–Trinajstić information content (AvgIpc) is 2.74. The first kappa shape index (κ1) is 29.6. The summed E-state index contributed by atoms with van der Waals surface area (Å²) >= 11 is 0. The fourth-order valence-corrected chi connectivity index (χ4v) is 3.49. The Morgan fingerprint density at radius 1 is 0.774 bits per heavy atom. The normalized spacial score (nSPS) is 11.5. The summed E-state index contributed by atoms with van der Waals surface area (Å²) in [5, 5.41) is 17.9. The van der Waals surface area contributed by atoms with Gasteiger partial charge in [0.1, 0.15) is 6.61 Å². The summed E-state index contributed by atoms with van der Waals surface area (Å²) in [4.78, 5) is 24.5. The third-order valence-corrected chi connectivity index (χ3v) is 5.37. The number of aliphatic hydroxyl groups is 1. The second-order valence-electron chi connectivity index (χ2n) is 8.29. The van der Waals surface area contributed by atoms with E-state index in [1.807, 2.05) is 6.08 Å². The number of hydrogen-bond donors (Lipinski definition) is 2. The molecule has 0 fully saturated rings. The summed E-state index contributed by atoms with van der Waals surface area (Å²) in [6, 6.07) is 0. The Balaban J connectivity index is 3.62. The Morgan fingerprint density at radius 3 is 2.06 bits per heavy atom. The second-order valence-corrected chi connectivity index (χ2v) is 8.29. The van der Waals surface area contributed by atoms with Crippen LogP contribution in [0.1, 0.15) is 103 Å². The van der Waals surface area contributed by atoms with E-state index < -0.39 is 5.97 Å². The van der Waals surface area contributed by atoms with E-state index in [1.165, 1.54) is 25.7 Å². The first-order chi connectivity index (χ1) is 15.1. The number of ether oxygens (including phenoxy) is 1. The largest absolute Gasteiger partial charge is 0.481 e. The molecule has 0 aliphatic rings. The van der Waals surface area contributed by atoms with E-state index in [-0.39, 0.29) is 19.0 Å². The van der Waals surface area contributed by atoms with Gasteiger partial charge in [0.15, 0.2) is 0 Å². The summed E-state index contributed by atoms with van der Waals surface area (Å²) in [7, 11) is 0. The van der Waals surface area contributed by atoms with Gasteiger partial charge in [0.25, 0.3) is 0 Å². The second kappa shape index (κ2) is 23.3. The van der Waals surface area contributed by atoms with Gasteiger partial charge in [0.05, 0.1) is 6.61 Å². The Morgan fingerprint density at radius 2 is 1.39 bits per heavy atom. The van der Waals surface area contributed by atoms with E-state index in [1.54, 1.807) is 0 Å². The maximum absolute atomic E-state index is 11.8. The number of carboxylic acid groups (broad SMARTS) is 1. The Labute approximate surface area is 190 Å². The van der Waals surface area contributed by atoms with Crippen LogP contribution in [0.3, 0.4) is 0 Å². The minimum Gasteiger partial charge on any atom is -0.481 e. The molecule has 0 aliphatic carbocycles. The van der Waals surface area contributed by atoms with Crippen molar-refractivity contribution in [3.05, 3.63) is 12.2 Å². The summed E-state index contributed by atoms with van der Waals surface area (Å²) in [5.74, 6) is -0.835. The van der Waals surface area contributed by atoms with Crippen LogP contribution in [-0.4, -0.2) is 59.9 Å². The van der Waals surface area contributed by atoms with Crippen LogP contribution in [0.5, 0.6) is 0 Å². The van der Waals surface area contributed by atoms with Crippen LogP contribution < -0.4 is 0 Å². The van der Waals surface area contributed by atoms with Gasteiger partial charge in [0.2, 0.25) is 0 Å². The lowest BCUT2D eigenvalue weighted by atomic mass is 10.1. The molecular weight excluding hydrogens is 394 g/mol. The third kappa shape index (κ3) is 23.1. The van der Waals surface area contributed by atoms with Crippen molar-refractivity contribution in [2.24, 2.45) is 0 Å². The number of aliphatic hydroxyl groups excluding tert-OH is 1. The summed E-state index contributed by atoms with van der Waals surface area (Å²) in [6.45, 7) is 5.34. The Hall–Kier alpha value is -1.40. The predicted molar refractivity (Wildman–Crippen MR) is 126 cm³/mol.